The Morgan fingerprint density at radius 2 is 1.74 bits per heavy atom. The van der Waals surface area contributed by atoms with Crippen LogP contribution in [0.1, 0.15) is 0 Å². The predicted molar refractivity (Wildman–Crippen MR) is 143 cm³/mol. The van der Waals surface area contributed by atoms with Crippen LogP contribution in [0.25, 0.3) is 17.1 Å². The summed E-state index contributed by atoms with van der Waals surface area (Å²) in [7, 11) is 0. The van der Waals surface area contributed by atoms with Gasteiger partial charge in [0.1, 0.15) is 5.75 Å². The lowest BCUT2D eigenvalue weighted by Crippen LogP contribution is -2.35. The largest absolute Gasteiger partial charge is 0.506 e. The summed E-state index contributed by atoms with van der Waals surface area (Å²) in [4.78, 5) is 24.6. The Hall–Kier alpha value is -2.86. The first-order chi connectivity index (χ1) is 16.8. The van der Waals surface area contributed by atoms with Crippen LogP contribution in [0.15, 0.2) is 80.8 Å². The molecule has 178 valence electrons. The minimum Gasteiger partial charge on any atom is -0.506 e. The molecule has 0 atom stereocenters. The number of carbonyl (C=O) groups is 2. The average molecular weight is 638 g/mol. The molecule has 0 spiro atoms. The van der Waals surface area contributed by atoms with Crippen molar-refractivity contribution < 1.29 is 14.7 Å². The molecule has 0 unspecified atom stereocenters. The van der Waals surface area contributed by atoms with Crippen LogP contribution in [0, 0.1) is 0 Å². The summed E-state index contributed by atoms with van der Waals surface area (Å²) in [6.07, 6.45) is 0. The van der Waals surface area contributed by atoms with Crippen LogP contribution in [0.4, 0.5) is 10.5 Å². The van der Waals surface area contributed by atoms with E-state index in [0.29, 0.717) is 31.7 Å². The maximum Gasteiger partial charge on any atom is 0.325 e. The molecule has 35 heavy (non-hydrogen) atoms. The van der Waals surface area contributed by atoms with E-state index in [9.17, 15) is 14.7 Å². The number of urea groups is 1. The zero-order chi connectivity index (χ0) is 24.9. The van der Waals surface area contributed by atoms with Gasteiger partial charge in [-0.2, -0.15) is 0 Å². The fourth-order valence-electron chi connectivity index (χ4n) is 3.07. The number of benzene rings is 3. The molecule has 3 N–H and O–H groups in total. The Labute approximate surface area is 226 Å². The van der Waals surface area contributed by atoms with Crippen molar-refractivity contribution in [3.63, 3.8) is 0 Å². The Balaban J connectivity index is 1.54. The van der Waals surface area contributed by atoms with E-state index in [1.807, 2.05) is 30.3 Å². The van der Waals surface area contributed by atoms with Gasteiger partial charge in [-0.05, 0) is 64.5 Å². The van der Waals surface area contributed by atoms with Gasteiger partial charge < -0.3 is 10.4 Å². The first-order valence-corrected chi connectivity index (χ1v) is 12.9. The third kappa shape index (κ3) is 6.23. The van der Waals surface area contributed by atoms with Gasteiger partial charge in [-0.15, -0.1) is 10.2 Å². The lowest BCUT2D eigenvalue weighted by Gasteiger charge is -2.12. The summed E-state index contributed by atoms with van der Waals surface area (Å²) in [6.45, 7) is 0. The maximum absolute atomic E-state index is 12.4. The number of nitrogens with one attached hydrogen (secondary N) is 2. The van der Waals surface area contributed by atoms with Gasteiger partial charge in [-0.1, -0.05) is 57.5 Å². The van der Waals surface area contributed by atoms with Crippen molar-refractivity contribution in [1.82, 2.24) is 20.1 Å². The minimum absolute atomic E-state index is 0.00550. The third-order valence-corrected chi connectivity index (χ3v) is 6.85. The summed E-state index contributed by atoms with van der Waals surface area (Å²) in [5, 5.41) is 25.0. The molecule has 0 fully saturated rings. The number of rotatable bonds is 6. The molecule has 0 aliphatic carbocycles. The summed E-state index contributed by atoms with van der Waals surface area (Å²) < 4.78 is 2.96. The first-order valence-electron chi connectivity index (χ1n) is 10.00. The summed E-state index contributed by atoms with van der Waals surface area (Å²) in [6, 6.07) is 18.6. The number of aromatic nitrogens is 3. The molecule has 3 aromatic carbocycles. The maximum atomic E-state index is 12.4. The van der Waals surface area contributed by atoms with Crippen molar-refractivity contribution in [1.29, 1.82) is 0 Å². The lowest BCUT2D eigenvalue weighted by molar-refractivity contribution is -0.117. The molecule has 0 aliphatic heterocycles. The molecule has 4 rings (SSSR count). The molecule has 3 amide bonds. The summed E-state index contributed by atoms with van der Waals surface area (Å²) in [5.74, 6) is -0.212. The van der Waals surface area contributed by atoms with Crippen LogP contribution in [0.5, 0.6) is 5.75 Å². The van der Waals surface area contributed by atoms with Gasteiger partial charge in [-0.3, -0.25) is 14.7 Å². The van der Waals surface area contributed by atoms with Gasteiger partial charge >= 0.3 is 6.03 Å². The number of carbonyl (C=O) groups excluding carboxylic acids is 2. The Morgan fingerprint density at radius 3 is 2.46 bits per heavy atom. The van der Waals surface area contributed by atoms with Crippen LogP contribution in [0.3, 0.4) is 0 Å². The standard InChI is InChI=1S/C23H16Br2ClN5O3S/c24-13-10-17(20(33)18(25)11-13)21-29-30-23(31(21)16-4-2-1-3-5-16)35-12-19(32)28-22(34)27-15-8-6-14(26)7-9-15/h1-11,33H,12H2,(H2,27,28,32,34). The number of imide groups is 1. The Kier molecular flexibility index (Phi) is 8.11. The number of phenols is 1. The number of anilines is 1. The van der Waals surface area contributed by atoms with E-state index in [1.54, 1.807) is 41.0 Å². The van der Waals surface area contributed by atoms with Crippen molar-refractivity contribution in [2.45, 2.75) is 5.16 Å². The van der Waals surface area contributed by atoms with Crippen molar-refractivity contribution in [3.05, 3.63) is 80.7 Å². The second-order valence-electron chi connectivity index (χ2n) is 7.06. The van der Waals surface area contributed by atoms with Crippen LogP contribution in [0.2, 0.25) is 5.02 Å². The second-order valence-corrected chi connectivity index (χ2v) is 10.2. The summed E-state index contributed by atoms with van der Waals surface area (Å²) >= 11 is 13.7. The van der Waals surface area contributed by atoms with Crippen molar-refractivity contribution >= 4 is 72.8 Å². The highest BCUT2D eigenvalue weighted by Gasteiger charge is 2.21. The number of amides is 3. The fraction of sp³-hybridized carbons (Fsp3) is 0.0435. The highest BCUT2D eigenvalue weighted by atomic mass is 79.9. The molecular weight excluding hydrogens is 622 g/mol. The first kappa shape index (κ1) is 25.2. The number of phenolic OH excluding ortho intramolecular Hbond substituents is 1. The molecule has 0 bridgehead atoms. The molecule has 4 aromatic rings. The number of aromatic hydroxyl groups is 1. The fourth-order valence-corrected chi connectivity index (χ4v) is 5.18. The zero-order valence-corrected chi connectivity index (χ0v) is 22.4. The van der Waals surface area contributed by atoms with Crippen LogP contribution in [-0.4, -0.2) is 37.6 Å². The van der Waals surface area contributed by atoms with Gasteiger partial charge in [0.25, 0.3) is 0 Å². The van der Waals surface area contributed by atoms with Gasteiger partial charge in [0.2, 0.25) is 5.91 Å². The van der Waals surface area contributed by atoms with Gasteiger partial charge in [0.05, 0.1) is 15.8 Å². The highest BCUT2D eigenvalue weighted by Crippen LogP contribution is 2.39. The quantitative estimate of drug-likeness (QED) is 0.216. The number of hydrogen-bond acceptors (Lipinski definition) is 6. The average Bonchev–Trinajstić information content (AvgIpc) is 3.26. The van der Waals surface area contributed by atoms with Gasteiger partial charge in [0, 0.05) is 20.9 Å². The molecular formula is C23H16Br2ClN5O3S. The van der Waals surface area contributed by atoms with Crippen LogP contribution >= 0.6 is 55.2 Å². The van der Waals surface area contributed by atoms with Crippen molar-refractivity contribution in [2.24, 2.45) is 0 Å². The van der Waals surface area contributed by atoms with E-state index < -0.39 is 11.9 Å². The highest BCUT2D eigenvalue weighted by molar-refractivity contribution is 9.11. The zero-order valence-electron chi connectivity index (χ0n) is 17.7. The van der Waals surface area contributed by atoms with E-state index in [4.69, 9.17) is 11.6 Å². The topological polar surface area (TPSA) is 109 Å². The third-order valence-electron chi connectivity index (χ3n) is 4.60. The molecule has 0 saturated carbocycles. The summed E-state index contributed by atoms with van der Waals surface area (Å²) in [5.41, 5.74) is 1.69. The minimum atomic E-state index is -0.660. The van der Waals surface area contributed by atoms with E-state index in [2.05, 4.69) is 52.7 Å². The van der Waals surface area contributed by atoms with Crippen LogP contribution in [-0.2, 0) is 4.79 Å². The van der Waals surface area contributed by atoms with Crippen molar-refractivity contribution in [2.75, 3.05) is 11.1 Å². The normalized spacial score (nSPS) is 10.7. The Morgan fingerprint density at radius 1 is 1.03 bits per heavy atom. The molecule has 0 aliphatic rings. The number of halogens is 3. The molecule has 12 heteroatoms. The monoisotopic (exact) mass is 635 g/mol. The van der Waals surface area contributed by atoms with Gasteiger partial charge in [-0.25, -0.2) is 4.79 Å². The van der Waals surface area contributed by atoms with Gasteiger partial charge in [0.15, 0.2) is 11.0 Å². The lowest BCUT2D eigenvalue weighted by atomic mass is 10.2. The van der Waals surface area contributed by atoms with Crippen molar-refractivity contribution in [3.8, 4) is 22.8 Å². The molecule has 0 saturated heterocycles. The molecule has 8 nitrogen and oxygen atoms in total. The molecule has 1 aromatic heterocycles. The van der Waals surface area contributed by atoms with E-state index >= 15 is 0 Å². The SMILES string of the molecule is O=C(CSc1nnc(-c2cc(Br)cc(Br)c2O)n1-c1ccccc1)NC(=O)Nc1ccc(Cl)cc1. The van der Waals surface area contributed by atoms with E-state index in [1.165, 1.54) is 0 Å². The molecule has 1 heterocycles. The smallest absolute Gasteiger partial charge is 0.325 e. The number of nitrogens with zero attached hydrogens (tertiary/aromatic N) is 3. The van der Waals surface area contributed by atoms with E-state index in [0.717, 1.165) is 21.9 Å². The number of hydrogen-bond donors (Lipinski definition) is 3. The molecule has 0 radical (unpaired) electrons. The van der Waals surface area contributed by atoms with Crippen LogP contribution < -0.4 is 10.6 Å². The number of para-hydroxylation sites is 1. The predicted octanol–water partition coefficient (Wildman–Crippen LogP) is 6.26. The second kappa shape index (κ2) is 11.3. The van der Waals surface area contributed by atoms with E-state index in [-0.39, 0.29) is 11.5 Å². The number of thioether (sulfide) groups is 1. The Bertz CT molecular complexity index is 1380.